The third kappa shape index (κ3) is 4.64. The fourth-order valence-corrected chi connectivity index (χ4v) is 3.33. The number of carbonyl (C=O) groups is 2. The summed E-state index contributed by atoms with van der Waals surface area (Å²) in [6, 6.07) is 7.11. The summed E-state index contributed by atoms with van der Waals surface area (Å²) in [6.07, 6.45) is 3.18. The number of nitrogens with zero attached hydrogens (tertiary/aromatic N) is 2. The minimum atomic E-state index is -0.0393. The van der Waals surface area contributed by atoms with Crippen LogP contribution in [0.1, 0.15) is 29.6 Å². The first-order chi connectivity index (χ1) is 11.7. The smallest absolute Gasteiger partial charge is 0.253 e. The van der Waals surface area contributed by atoms with Gasteiger partial charge in [-0.1, -0.05) is 6.42 Å². The van der Waals surface area contributed by atoms with E-state index in [0.717, 1.165) is 31.6 Å². The van der Waals surface area contributed by atoms with Crippen molar-refractivity contribution in [1.29, 1.82) is 0 Å². The lowest BCUT2D eigenvalue weighted by atomic mass is 10.0. The Hall–Kier alpha value is -1.79. The highest BCUT2D eigenvalue weighted by Crippen LogP contribution is 2.16. The number of carbonyl (C=O) groups excluding carboxylic acids is 2. The molecule has 6 nitrogen and oxygen atoms in total. The van der Waals surface area contributed by atoms with Gasteiger partial charge in [0.15, 0.2) is 0 Å². The number of ether oxygens (including phenoxy) is 1. The van der Waals surface area contributed by atoms with Gasteiger partial charge in [-0.15, -0.1) is 12.4 Å². The minimum absolute atomic E-state index is 0. The molecule has 1 aromatic carbocycles. The summed E-state index contributed by atoms with van der Waals surface area (Å²) in [6.45, 7) is 3.32. The minimum Gasteiger partial charge on any atom is -0.497 e. The predicted octanol–water partition coefficient (Wildman–Crippen LogP) is 1.54. The van der Waals surface area contributed by atoms with E-state index < -0.39 is 0 Å². The van der Waals surface area contributed by atoms with Crippen molar-refractivity contribution in [2.45, 2.75) is 25.3 Å². The molecule has 2 aliphatic heterocycles. The van der Waals surface area contributed by atoms with Crippen LogP contribution in [0.4, 0.5) is 0 Å². The van der Waals surface area contributed by atoms with Crippen molar-refractivity contribution in [1.82, 2.24) is 15.1 Å². The monoisotopic (exact) mass is 367 g/mol. The molecule has 2 amide bonds. The topological polar surface area (TPSA) is 61.9 Å². The highest BCUT2D eigenvalue weighted by atomic mass is 35.5. The highest BCUT2D eigenvalue weighted by molar-refractivity contribution is 5.94. The van der Waals surface area contributed by atoms with Crippen LogP contribution in [0.2, 0.25) is 0 Å². The molecule has 2 fully saturated rings. The number of piperidine rings is 1. The summed E-state index contributed by atoms with van der Waals surface area (Å²) in [7, 11) is 1.61. The molecule has 138 valence electrons. The first-order valence-electron chi connectivity index (χ1n) is 8.64. The van der Waals surface area contributed by atoms with E-state index in [1.807, 2.05) is 9.80 Å². The quantitative estimate of drug-likeness (QED) is 0.880. The lowest BCUT2D eigenvalue weighted by Gasteiger charge is -2.37. The number of nitrogens with one attached hydrogen (secondary N) is 1. The SMILES string of the molecule is COc1ccc(C(=O)N2CCN(C(=O)C3CCCCN3)CC2)cc1.Cl. The maximum absolute atomic E-state index is 12.5. The Morgan fingerprint density at radius 3 is 2.24 bits per heavy atom. The predicted molar refractivity (Wildman–Crippen MR) is 98.4 cm³/mol. The van der Waals surface area contributed by atoms with Crippen molar-refractivity contribution in [3.63, 3.8) is 0 Å². The second-order valence-electron chi connectivity index (χ2n) is 6.35. The Balaban J connectivity index is 0.00000225. The molecule has 25 heavy (non-hydrogen) atoms. The van der Waals surface area contributed by atoms with Gasteiger partial charge in [0, 0.05) is 31.7 Å². The van der Waals surface area contributed by atoms with Gasteiger partial charge in [0.25, 0.3) is 5.91 Å². The van der Waals surface area contributed by atoms with Crippen LogP contribution in [0.5, 0.6) is 5.75 Å². The molecule has 0 bridgehead atoms. The van der Waals surface area contributed by atoms with Gasteiger partial charge in [-0.2, -0.15) is 0 Å². The van der Waals surface area contributed by atoms with Crippen molar-refractivity contribution in [3.05, 3.63) is 29.8 Å². The molecule has 7 heteroatoms. The number of benzene rings is 1. The fourth-order valence-electron chi connectivity index (χ4n) is 3.33. The highest BCUT2D eigenvalue weighted by Gasteiger charge is 2.29. The number of methoxy groups -OCH3 is 1. The Kier molecular flexibility index (Phi) is 7.08. The van der Waals surface area contributed by atoms with Crippen LogP contribution in [0.15, 0.2) is 24.3 Å². The van der Waals surface area contributed by atoms with Gasteiger partial charge in [0.05, 0.1) is 13.2 Å². The summed E-state index contributed by atoms with van der Waals surface area (Å²) < 4.78 is 5.12. The molecule has 0 saturated carbocycles. The number of hydrogen-bond acceptors (Lipinski definition) is 4. The van der Waals surface area contributed by atoms with Crippen molar-refractivity contribution in [2.75, 3.05) is 39.8 Å². The van der Waals surface area contributed by atoms with Gasteiger partial charge in [-0.25, -0.2) is 0 Å². The standard InChI is InChI=1S/C18H25N3O3.ClH/c1-24-15-7-5-14(6-8-15)17(22)20-10-12-21(13-11-20)18(23)16-4-2-3-9-19-16;/h5-8,16,19H,2-4,9-13H2,1H3;1H. The van der Waals surface area contributed by atoms with Crippen LogP contribution < -0.4 is 10.1 Å². The van der Waals surface area contributed by atoms with Crippen LogP contribution in [0.3, 0.4) is 0 Å². The normalized spacial score (nSPS) is 20.6. The van der Waals surface area contributed by atoms with Gasteiger partial charge in [0.2, 0.25) is 5.91 Å². The van der Waals surface area contributed by atoms with Gasteiger partial charge >= 0.3 is 0 Å². The molecule has 2 aliphatic rings. The zero-order valence-corrected chi connectivity index (χ0v) is 15.4. The molecular formula is C18H26ClN3O3. The average Bonchev–Trinajstić information content (AvgIpc) is 2.68. The second kappa shape index (κ2) is 9.06. The third-order valence-electron chi connectivity index (χ3n) is 4.82. The summed E-state index contributed by atoms with van der Waals surface area (Å²) in [5.41, 5.74) is 0.657. The molecule has 3 rings (SSSR count). The Bertz CT molecular complexity index is 580. The van der Waals surface area contributed by atoms with E-state index in [1.54, 1.807) is 31.4 Å². The fraction of sp³-hybridized carbons (Fsp3) is 0.556. The van der Waals surface area contributed by atoms with Crippen LogP contribution in [0, 0.1) is 0 Å². The third-order valence-corrected chi connectivity index (χ3v) is 4.82. The molecule has 1 N–H and O–H groups in total. The molecule has 1 unspecified atom stereocenters. The van der Waals surface area contributed by atoms with Gasteiger partial charge in [-0.05, 0) is 43.7 Å². The van der Waals surface area contributed by atoms with E-state index in [2.05, 4.69) is 5.32 Å². The molecule has 0 aromatic heterocycles. The van der Waals surface area contributed by atoms with E-state index >= 15 is 0 Å². The molecule has 2 heterocycles. The molecule has 1 aromatic rings. The summed E-state index contributed by atoms with van der Waals surface area (Å²) in [5.74, 6) is 0.939. The van der Waals surface area contributed by atoms with Crippen molar-refractivity contribution < 1.29 is 14.3 Å². The van der Waals surface area contributed by atoms with E-state index in [0.29, 0.717) is 31.7 Å². The van der Waals surface area contributed by atoms with Gasteiger partial charge < -0.3 is 19.9 Å². The van der Waals surface area contributed by atoms with Crippen LogP contribution in [-0.4, -0.2) is 67.5 Å². The molecule has 1 atom stereocenters. The average molecular weight is 368 g/mol. The van der Waals surface area contributed by atoms with Crippen LogP contribution >= 0.6 is 12.4 Å². The second-order valence-corrected chi connectivity index (χ2v) is 6.35. The number of rotatable bonds is 3. The molecule has 0 spiro atoms. The number of halogens is 1. The lowest BCUT2D eigenvalue weighted by molar-refractivity contribution is -0.135. The number of amides is 2. The summed E-state index contributed by atoms with van der Waals surface area (Å²) in [5, 5.41) is 3.30. The first-order valence-corrected chi connectivity index (χ1v) is 8.64. The van der Waals surface area contributed by atoms with Gasteiger partial charge in [-0.3, -0.25) is 9.59 Å². The Labute approximate surface area is 154 Å². The summed E-state index contributed by atoms with van der Waals surface area (Å²) in [4.78, 5) is 28.8. The zero-order chi connectivity index (χ0) is 16.9. The van der Waals surface area contributed by atoms with E-state index in [4.69, 9.17) is 4.74 Å². The van der Waals surface area contributed by atoms with E-state index in [9.17, 15) is 9.59 Å². The Morgan fingerprint density at radius 1 is 1.04 bits per heavy atom. The van der Waals surface area contributed by atoms with Crippen LogP contribution in [-0.2, 0) is 4.79 Å². The molecule has 2 saturated heterocycles. The van der Waals surface area contributed by atoms with Crippen molar-refractivity contribution >= 4 is 24.2 Å². The Morgan fingerprint density at radius 2 is 1.68 bits per heavy atom. The number of piperazine rings is 1. The largest absolute Gasteiger partial charge is 0.497 e. The zero-order valence-electron chi connectivity index (χ0n) is 14.6. The number of hydrogen-bond donors (Lipinski definition) is 1. The van der Waals surface area contributed by atoms with Crippen molar-refractivity contribution in [2.24, 2.45) is 0 Å². The maximum atomic E-state index is 12.5. The molecular weight excluding hydrogens is 342 g/mol. The molecule has 0 radical (unpaired) electrons. The van der Waals surface area contributed by atoms with Crippen molar-refractivity contribution in [3.8, 4) is 5.75 Å². The maximum Gasteiger partial charge on any atom is 0.253 e. The molecule has 0 aliphatic carbocycles. The van der Waals surface area contributed by atoms with E-state index in [1.165, 1.54) is 0 Å². The van der Waals surface area contributed by atoms with Crippen LogP contribution in [0.25, 0.3) is 0 Å². The first kappa shape index (κ1) is 19.5. The van der Waals surface area contributed by atoms with Gasteiger partial charge in [0.1, 0.15) is 5.75 Å². The lowest BCUT2D eigenvalue weighted by Crippen LogP contribution is -2.55. The van der Waals surface area contributed by atoms with E-state index in [-0.39, 0.29) is 30.3 Å². The summed E-state index contributed by atoms with van der Waals surface area (Å²) >= 11 is 0.